The van der Waals surface area contributed by atoms with Gasteiger partial charge in [-0.2, -0.15) is 0 Å². The number of aryl methyl sites for hydroxylation is 1. The van der Waals surface area contributed by atoms with Crippen molar-refractivity contribution in [3.8, 4) is 0 Å². The summed E-state index contributed by atoms with van der Waals surface area (Å²) < 4.78 is 2.27. The summed E-state index contributed by atoms with van der Waals surface area (Å²) in [5.41, 5.74) is 3.35. The number of aromatic nitrogens is 2. The average Bonchev–Trinajstić information content (AvgIpc) is 3.45. The van der Waals surface area contributed by atoms with Crippen LogP contribution in [0.15, 0.2) is 48.5 Å². The number of carbonyl (C=O) groups is 1. The molecule has 0 saturated heterocycles. The molecule has 0 aliphatic heterocycles. The zero-order valence-electron chi connectivity index (χ0n) is 14.6. The first-order valence-electron chi connectivity index (χ1n) is 9.17. The smallest absolute Gasteiger partial charge is 0.223 e. The summed E-state index contributed by atoms with van der Waals surface area (Å²) in [6.45, 7) is 1.47. The van der Waals surface area contributed by atoms with Gasteiger partial charge >= 0.3 is 0 Å². The lowest BCUT2D eigenvalue weighted by Crippen LogP contribution is -2.26. The molecule has 0 bridgehead atoms. The van der Waals surface area contributed by atoms with Crippen molar-refractivity contribution in [2.24, 2.45) is 5.92 Å². The van der Waals surface area contributed by atoms with Crippen LogP contribution >= 0.6 is 11.6 Å². The van der Waals surface area contributed by atoms with Crippen LogP contribution in [-0.4, -0.2) is 22.0 Å². The van der Waals surface area contributed by atoms with Crippen molar-refractivity contribution in [3.05, 3.63) is 64.9 Å². The molecule has 1 aliphatic carbocycles. The number of hydrogen-bond donors (Lipinski definition) is 1. The van der Waals surface area contributed by atoms with Gasteiger partial charge in [-0.25, -0.2) is 4.98 Å². The Bertz CT molecular complexity index is 913. The van der Waals surface area contributed by atoms with Gasteiger partial charge in [-0.15, -0.1) is 0 Å². The molecule has 0 spiro atoms. The highest BCUT2D eigenvalue weighted by Crippen LogP contribution is 2.28. The molecule has 4 rings (SSSR count). The third kappa shape index (κ3) is 3.91. The summed E-state index contributed by atoms with van der Waals surface area (Å²) in [4.78, 5) is 16.6. The van der Waals surface area contributed by atoms with Crippen molar-refractivity contribution in [1.29, 1.82) is 0 Å². The van der Waals surface area contributed by atoms with Crippen LogP contribution in [0.3, 0.4) is 0 Å². The fraction of sp³-hybridized carbons (Fsp3) is 0.333. The molecule has 1 heterocycles. The van der Waals surface area contributed by atoms with Crippen LogP contribution in [0.2, 0.25) is 5.02 Å². The third-order valence-electron chi connectivity index (χ3n) is 4.81. The standard InChI is InChI=1S/C21H22ClN3O/c22-17-11-7-15(8-12-17)14-25-19-5-2-1-4-18(19)24-20(25)6-3-13-23-21(26)16-9-10-16/h1-2,4-5,7-8,11-12,16H,3,6,9-10,13-14H2,(H,23,26). The van der Waals surface area contributed by atoms with E-state index in [1.165, 1.54) is 5.56 Å². The van der Waals surface area contributed by atoms with Gasteiger partial charge in [0.25, 0.3) is 0 Å². The summed E-state index contributed by atoms with van der Waals surface area (Å²) in [5.74, 6) is 1.53. The number of nitrogens with zero attached hydrogens (tertiary/aromatic N) is 2. The first-order valence-corrected chi connectivity index (χ1v) is 9.55. The number of imidazole rings is 1. The topological polar surface area (TPSA) is 46.9 Å². The summed E-state index contributed by atoms with van der Waals surface area (Å²) >= 11 is 6.00. The van der Waals surface area contributed by atoms with Crippen molar-refractivity contribution >= 4 is 28.5 Å². The normalized spacial score (nSPS) is 13.9. The quantitative estimate of drug-likeness (QED) is 0.636. The maximum absolute atomic E-state index is 11.8. The van der Waals surface area contributed by atoms with Gasteiger partial charge in [0.05, 0.1) is 11.0 Å². The average molecular weight is 368 g/mol. The number of nitrogens with one attached hydrogen (secondary N) is 1. The molecule has 4 nitrogen and oxygen atoms in total. The van der Waals surface area contributed by atoms with Crippen molar-refractivity contribution in [3.63, 3.8) is 0 Å². The van der Waals surface area contributed by atoms with Crippen molar-refractivity contribution in [2.45, 2.75) is 32.2 Å². The van der Waals surface area contributed by atoms with Crippen molar-refractivity contribution in [2.75, 3.05) is 6.54 Å². The Morgan fingerprint density at radius 2 is 1.92 bits per heavy atom. The Hall–Kier alpha value is -2.33. The highest BCUT2D eigenvalue weighted by atomic mass is 35.5. The van der Waals surface area contributed by atoms with Crippen LogP contribution in [-0.2, 0) is 17.8 Å². The summed E-state index contributed by atoms with van der Waals surface area (Å²) in [6, 6.07) is 16.2. The van der Waals surface area contributed by atoms with E-state index in [0.29, 0.717) is 6.54 Å². The van der Waals surface area contributed by atoms with E-state index in [1.807, 2.05) is 30.3 Å². The number of fused-ring (bicyclic) bond motifs is 1. The molecule has 26 heavy (non-hydrogen) atoms. The lowest BCUT2D eigenvalue weighted by molar-refractivity contribution is -0.122. The molecule has 0 atom stereocenters. The monoisotopic (exact) mass is 367 g/mol. The second kappa shape index (κ2) is 7.50. The van der Waals surface area contributed by atoms with Crippen LogP contribution in [0.4, 0.5) is 0 Å². The van der Waals surface area contributed by atoms with Gasteiger partial charge in [0.1, 0.15) is 5.82 Å². The molecular formula is C21H22ClN3O. The number of hydrogen-bond acceptors (Lipinski definition) is 2. The minimum absolute atomic E-state index is 0.208. The minimum atomic E-state index is 0.208. The summed E-state index contributed by atoms with van der Waals surface area (Å²) in [7, 11) is 0. The molecule has 0 unspecified atom stereocenters. The summed E-state index contributed by atoms with van der Waals surface area (Å²) in [6.07, 6.45) is 3.82. The summed E-state index contributed by atoms with van der Waals surface area (Å²) in [5, 5.41) is 3.78. The molecule has 0 radical (unpaired) electrons. The van der Waals surface area contributed by atoms with E-state index in [-0.39, 0.29) is 11.8 Å². The van der Waals surface area contributed by atoms with Crippen LogP contribution in [0.5, 0.6) is 0 Å². The van der Waals surface area contributed by atoms with Gasteiger partial charge < -0.3 is 9.88 Å². The minimum Gasteiger partial charge on any atom is -0.356 e. The maximum atomic E-state index is 11.8. The number of carbonyl (C=O) groups excluding carboxylic acids is 1. The van der Waals surface area contributed by atoms with E-state index in [0.717, 1.165) is 54.1 Å². The molecular weight excluding hydrogens is 346 g/mol. The first kappa shape index (κ1) is 17.1. The number of benzene rings is 2. The maximum Gasteiger partial charge on any atom is 0.223 e. The van der Waals surface area contributed by atoms with Gasteiger partial charge in [0.2, 0.25) is 5.91 Å². The van der Waals surface area contributed by atoms with E-state index < -0.39 is 0 Å². The van der Waals surface area contributed by atoms with E-state index >= 15 is 0 Å². The Morgan fingerprint density at radius 3 is 2.69 bits per heavy atom. The zero-order valence-corrected chi connectivity index (χ0v) is 15.4. The molecule has 1 saturated carbocycles. The fourth-order valence-electron chi connectivity index (χ4n) is 3.21. The lowest BCUT2D eigenvalue weighted by atomic mass is 10.2. The van der Waals surface area contributed by atoms with Crippen molar-refractivity contribution < 1.29 is 4.79 Å². The zero-order chi connectivity index (χ0) is 17.9. The van der Waals surface area contributed by atoms with E-state index in [2.05, 4.69) is 28.1 Å². The molecule has 1 amide bonds. The molecule has 1 aromatic heterocycles. The van der Waals surface area contributed by atoms with Gasteiger partial charge in [-0.05, 0) is 49.1 Å². The van der Waals surface area contributed by atoms with Crippen LogP contribution in [0.25, 0.3) is 11.0 Å². The molecule has 134 valence electrons. The SMILES string of the molecule is O=C(NCCCc1nc2ccccc2n1Cc1ccc(Cl)cc1)C1CC1. The van der Waals surface area contributed by atoms with Gasteiger partial charge in [0, 0.05) is 30.5 Å². The molecule has 3 aromatic rings. The van der Waals surface area contributed by atoms with Crippen molar-refractivity contribution in [1.82, 2.24) is 14.9 Å². The number of amides is 1. The molecule has 2 aromatic carbocycles. The Labute approximate surface area is 158 Å². The fourth-order valence-corrected chi connectivity index (χ4v) is 3.34. The van der Waals surface area contributed by atoms with Gasteiger partial charge in [-0.3, -0.25) is 4.79 Å². The van der Waals surface area contributed by atoms with Crippen LogP contribution in [0.1, 0.15) is 30.7 Å². The highest BCUT2D eigenvalue weighted by molar-refractivity contribution is 6.30. The van der Waals surface area contributed by atoms with Crippen LogP contribution in [0, 0.1) is 5.92 Å². The van der Waals surface area contributed by atoms with Gasteiger partial charge in [0.15, 0.2) is 0 Å². The number of para-hydroxylation sites is 2. The Kier molecular flexibility index (Phi) is 4.93. The third-order valence-corrected chi connectivity index (χ3v) is 5.06. The predicted molar refractivity (Wildman–Crippen MR) is 104 cm³/mol. The van der Waals surface area contributed by atoms with E-state index in [4.69, 9.17) is 16.6 Å². The molecule has 1 fully saturated rings. The Morgan fingerprint density at radius 1 is 1.15 bits per heavy atom. The predicted octanol–water partition coefficient (Wildman–Crippen LogP) is 4.20. The molecule has 1 aliphatic rings. The molecule has 5 heteroatoms. The highest BCUT2D eigenvalue weighted by Gasteiger charge is 2.29. The second-order valence-electron chi connectivity index (χ2n) is 6.90. The van der Waals surface area contributed by atoms with E-state index in [1.54, 1.807) is 0 Å². The number of rotatable bonds is 7. The van der Waals surface area contributed by atoms with E-state index in [9.17, 15) is 4.79 Å². The second-order valence-corrected chi connectivity index (χ2v) is 7.33. The van der Waals surface area contributed by atoms with Gasteiger partial charge in [-0.1, -0.05) is 35.9 Å². The largest absolute Gasteiger partial charge is 0.356 e. The van der Waals surface area contributed by atoms with Crippen LogP contribution < -0.4 is 5.32 Å². The first-order chi connectivity index (χ1) is 12.7. The lowest BCUT2D eigenvalue weighted by Gasteiger charge is -2.10. The number of halogens is 1. The Balaban J connectivity index is 1.49. The molecule has 1 N–H and O–H groups in total.